The fraction of sp³-hybridized carbons (Fsp3) is 0.500. The van der Waals surface area contributed by atoms with E-state index in [9.17, 15) is 9.90 Å². The molecule has 4 nitrogen and oxygen atoms in total. The van der Waals surface area contributed by atoms with Gasteiger partial charge in [0.05, 0.1) is 0 Å². The summed E-state index contributed by atoms with van der Waals surface area (Å²) in [6.07, 6.45) is 1.64. The van der Waals surface area contributed by atoms with Gasteiger partial charge in [-0.3, -0.25) is 9.69 Å². The highest BCUT2D eigenvalue weighted by molar-refractivity contribution is 9.10. The van der Waals surface area contributed by atoms with E-state index in [1.54, 1.807) is 6.92 Å². The van der Waals surface area contributed by atoms with E-state index in [1.807, 2.05) is 29.2 Å². The van der Waals surface area contributed by atoms with E-state index in [4.69, 9.17) is 4.74 Å². The first-order valence-corrected chi connectivity index (χ1v) is 7.18. The molecule has 19 heavy (non-hydrogen) atoms. The normalized spacial score (nSPS) is 23.5. The number of hydrogen-bond acceptors (Lipinski definition) is 3. The second kappa shape index (κ2) is 5.92. The number of carboxylic acids is 1. The summed E-state index contributed by atoms with van der Waals surface area (Å²) in [5.41, 5.74) is -0.735. The second-order valence-corrected chi connectivity index (χ2v) is 5.89. The first kappa shape index (κ1) is 14.3. The van der Waals surface area contributed by atoms with Crippen LogP contribution in [0.25, 0.3) is 0 Å². The smallest absolute Gasteiger partial charge is 0.323 e. The number of hydrogen-bond donors (Lipinski definition) is 1. The second-order valence-electron chi connectivity index (χ2n) is 4.98. The van der Waals surface area contributed by atoms with E-state index in [-0.39, 0.29) is 0 Å². The van der Waals surface area contributed by atoms with Crippen LogP contribution in [0.15, 0.2) is 28.7 Å². The molecule has 1 fully saturated rings. The van der Waals surface area contributed by atoms with Gasteiger partial charge in [0.1, 0.15) is 17.9 Å². The summed E-state index contributed by atoms with van der Waals surface area (Å²) in [6, 6.07) is 7.65. The Hall–Kier alpha value is -1.07. The Balaban J connectivity index is 1.87. The number of ether oxygens (including phenoxy) is 1. The molecule has 1 N–H and O–H groups in total. The summed E-state index contributed by atoms with van der Waals surface area (Å²) in [4.78, 5) is 13.3. The van der Waals surface area contributed by atoms with Crippen LogP contribution < -0.4 is 4.74 Å². The van der Waals surface area contributed by atoms with E-state index < -0.39 is 11.5 Å². The van der Waals surface area contributed by atoms with E-state index >= 15 is 0 Å². The summed E-state index contributed by atoms with van der Waals surface area (Å²) >= 11 is 3.39. The lowest BCUT2D eigenvalue weighted by atomic mass is 9.99. The first-order valence-electron chi connectivity index (χ1n) is 6.39. The van der Waals surface area contributed by atoms with E-state index in [2.05, 4.69) is 15.9 Å². The largest absolute Gasteiger partial charge is 0.492 e. The molecule has 0 bridgehead atoms. The fourth-order valence-corrected chi connectivity index (χ4v) is 2.83. The van der Waals surface area contributed by atoms with Gasteiger partial charge in [0.2, 0.25) is 0 Å². The number of aliphatic carboxylic acids is 1. The van der Waals surface area contributed by atoms with Crippen molar-refractivity contribution in [2.75, 3.05) is 19.7 Å². The Morgan fingerprint density at radius 1 is 1.58 bits per heavy atom. The Bertz CT molecular complexity index is 466. The van der Waals surface area contributed by atoms with Crippen molar-refractivity contribution in [3.8, 4) is 5.75 Å². The van der Waals surface area contributed by atoms with Crippen LogP contribution in [0.3, 0.4) is 0 Å². The minimum atomic E-state index is -0.743. The highest BCUT2D eigenvalue weighted by Gasteiger charge is 2.42. The predicted molar refractivity (Wildman–Crippen MR) is 76.5 cm³/mol. The number of halogens is 1. The molecule has 1 atom stereocenters. The number of nitrogens with zero attached hydrogens (tertiary/aromatic N) is 1. The molecule has 0 spiro atoms. The predicted octanol–water partition coefficient (Wildman–Crippen LogP) is 2.77. The van der Waals surface area contributed by atoms with Gasteiger partial charge in [-0.05, 0) is 44.5 Å². The fourth-order valence-electron chi connectivity index (χ4n) is 2.45. The van der Waals surface area contributed by atoms with Gasteiger partial charge < -0.3 is 9.84 Å². The Morgan fingerprint density at radius 3 is 3.05 bits per heavy atom. The van der Waals surface area contributed by atoms with Crippen molar-refractivity contribution in [1.82, 2.24) is 4.90 Å². The van der Waals surface area contributed by atoms with Crippen LogP contribution in [0.4, 0.5) is 0 Å². The highest BCUT2D eigenvalue weighted by Crippen LogP contribution is 2.28. The van der Waals surface area contributed by atoms with Crippen LogP contribution in [0.2, 0.25) is 0 Å². The zero-order valence-corrected chi connectivity index (χ0v) is 12.5. The molecule has 1 aromatic rings. The maximum atomic E-state index is 11.3. The zero-order valence-electron chi connectivity index (χ0n) is 10.9. The topological polar surface area (TPSA) is 49.8 Å². The maximum Gasteiger partial charge on any atom is 0.323 e. The van der Waals surface area contributed by atoms with Crippen molar-refractivity contribution >= 4 is 21.9 Å². The lowest BCUT2D eigenvalue weighted by Crippen LogP contribution is -2.49. The molecule has 104 valence electrons. The molecular formula is C14H18BrNO3. The Kier molecular flexibility index (Phi) is 4.47. The molecule has 1 saturated heterocycles. The van der Waals surface area contributed by atoms with Crippen molar-refractivity contribution in [2.45, 2.75) is 25.3 Å². The minimum Gasteiger partial charge on any atom is -0.492 e. The van der Waals surface area contributed by atoms with Crippen molar-refractivity contribution in [3.63, 3.8) is 0 Å². The van der Waals surface area contributed by atoms with Gasteiger partial charge in [-0.1, -0.05) is 22.0 Å². The molecular weight excluding hydrogens is 310 g/mol. The SMILES string of the molecule is CC1(C(=O)O)CCCN1CCOc1cccc(Br)c1. The molecule has 2 rings (SSSR count). The minimum absolute atomic E-state index is 0.499. The molecule has 5 heteroatoms. The van der Waals surface area contributed by atoms with E-state index in [0.717, 1.165) is 23.2 Å². The van der Waals surface area contributed by atoms with Gasteiger partial charge in [-0.25, -0.2) is 0 Å². The quantitative estimate of drug-likeness (QED) is 0.903. The third kappa shape index (κ3) is 3.28. The van der Waals surface area contributed by atoms with E-state index in [0.29, 0.717) is 19.6 Å². The van der Waals surface area contributed by atoms with Gasteiger partial charge in [0.25, 0.3) is 0 Å². The van der Waals surface area contributed by atoms with Gasteiger partial charge in [-0.15, -0.1) is 0 Å². The number of benzene rings is 1. The van der Waals surface area contributed by atoms with Crippen LogP contribution in [0, 0.1) is 0 Å². The third-order valence-corrected chi connectivity index (χ3v) is 4.17. The van der Waals surface area contributed by atoms with Gasteiger partial charge >= 0.3 is 5.97 Å². The first-order chi connectivity index (χ1) is 9.02. The standard InChI is InChI=1S/C14H18BrNO3/c1-14(13(17)18)6-3-7-16(14)8-9-19-12-5-2-4-11(15)10-12/h2,4-5,10H,3,6-9H2,1H3,(H,17,18). The third-order valence-electron chi connectivity index (χ3n) is 3.68. The molecule has 0 amide bonds. The Morgan fingerprint density at radius 2 is 2.37 bits per heavy atom. The van der Waals surface area contributed by atoms with Crippen LogP contribution in [-0.2, 0) is 4.79 Å². The molecule has 1 heterocycles. The molecule has 1 aromatic carbocycles. The molecule has 0 radical (unpaired) electrons. The average Bonchev–Trinajstić information content (AvgIpc) is 2.73. The molecule has 0 saturated carbocycles. The number of carbonyl (C=O) groups is 1. The lowest BCUT2D eigenvalue weighted by Gasteiger charge is -2.30. The molecule has 1 aliphatic heterocycles. The summed E-state index contributed by atoms with van der Waals surface area (Å²) < 4.78 is 6.63. The van der Waals surface area contributed by atoms with Gasteiger partial charge in [0.15, 0.2) is 0 Å². The van der Waals surface area contributed by atoms with Crippen molar-refractivity contribution in [1.29, 1.82) is 0 Å². The van der Waals surface area contributed by atoms with Crippen molar-refractivity contribution < 1.29 is 14.6 Å². The monoisotopic (exact) mass is 327 g/mol. The number of likely N-dealkylation sites (tertiary alicyclic amines) is 1. The lowest BCUT2D eigenvalue weighted by molar-refractivity contribution is -0.148. The summed E-state index contributed by atoms with van der Waals surface area (Å²) in [7, 11) is 0. The van der Waals surface area contributed by atoms with Crippen LogP contribution in [-0.4, -0.2) is 41.2 Å². The Labute approximate surface area is 121 Å². The number of rotatable bonds is 5. The maximum absolute atomic E-state index is 11.3. The molecule has 0 aromatic heterocycles. The van der Waals surface area contributed by atoms with Crippen LogP contribution in [0.5, 0.6) is 5.75 Å². The van der Waals surface area contributed by atoms with Crippen LogP contribution >= 0.6 is 15.9 Å². The number of carboxylic acid groups (broad SMARTS) is 1. The summed E-state index contributed by atoms with van der Waals surface area (Å²) in [5.74, 6) is 0.0538. The van der Waals surface area contributed by atoms with Gasteiger partial charge in [0, 0.05) is 11.0 Å². The van der Waals surface area contributed by atoms with Crippen molar-refractivity contribution in [2.24, 2.45) is 0 Å². The van der Waals surface area contributed by atoms with Crippen molar-refractivity contribution in [3.05, 3.63) is 28.7 Å². The summed E-state index contributed by atoms with van der Waals surface area (Å²) in [6.45, 7) is 3.75. The van der Waals surface area contributed by atoms with E-state index in [1.165, 1.54) is 0 Å². The molecule has 1 aliphatic rings. The highest BCUT2D eigenvalue weighted by atomic mass is 79.9. The van der Waals surface area contributed by atoms with Crippen LogP contribution in [0.1, 0.15) is 19.8 Å². The zero-order chi connectivity index (χ0) is 13.9. The average molecular weight is 328 g/mol. The van der Waals surface area contributed by atoms with Gasteiger partial charge in [-0.2, -0.15) is 0 Å². The summed E-state index contributed by atoms with van der Waals surface area (Å²) in [5, 5.41) is 9.31. The molecule has 0 aliphatic carbocycles. The molecule has 1 unspecified atom stereocenters.